The van der Waals surface area contributed by atoms with E-state index >= 15 is 0 Å². The van der Waals surface area contributed by atoms with Crippen LogP contribution in [-0.2, 0) is 10.0 Å². The van der Waals surface area contributed by atoms with Gasteiger partial charge in [0, 0.05) is 23.7 Å². The van der Waals surface area contributed by atoms with Crippen LogP contribution in [0.15, 0.2) is 23.1 Å². The van der Waals surface area contributed by atoms with E-state index in [-0.39, 0.29) is 34.7 Å². The van der Waals surface area contributed by atoms with Crippen LogP contribution in [-0.4, -0.2) is 46.1 Å². The minimum atomic E-state index is -3.71. The summed E-state index contributed by atoms with van der Waals surface area (Å²) in [6, 6.07) is 4.72. The highest BCUT2D eigenvalue weighted by atomic mass is 32.2. The molecule has 3 N–H and O–H groups in total. The second-order valence-electron chi connectivity index (χ2n) is 6.73. The van der Waals surface area contributed by atoms with Crippen LogP contribution in [0.2, 0.25) is 0 Å². The van der Waals surface area contributed by atoms with Crippen LogP contribution in [0.1, 0.15) is 43.0 Å². The highest BCUT2D eigenvalue weighted by Gasteiger charge is 2.31. The fraction of sp³-hybridized carbons (Fsp3) is 0.588. The number of benzene rings is 1. The largest absolute Gasteiger partial charge is 0.495 e. The van der Waals surface area contributed by atoms with Crippen molar-refractivity contribution in [2.45, 2.75) is 55.6 Å². The molecule has 138 valence electrons. The van der Waals surface area contributed by atoms with Gasteiger partial charge in [0.15, 0.2) is 0 Å². The molecule has 0 radical (unpaired) electrons. The Morgan fingerprint density at radius 2 is 2.04 bits per heavy atom. The zero-order valence-electron chi connectivity index (χ0n) is 14.5. The predicted octanol–water partition coefficient (Wildman–Crippen LogP) is 1.01. The minimum absolute atomic E-state index is 0.00404. The molecule has 1 amide bonds. The number of rotatable bonds is 6. The first kappa shape index (κ1) is 18.2. The Hall–Kier alpha value is -1.64. The number of sulfonamides is 1. The second-order valence-corrected chi connectivity index (χ2v) is 8.41. The Balaban J connectivity index is 1.81. The maximum absolute atomic E-state index is 12.6. The van der Waals surface area contributed by atoms with E-state index in [2.05, 4.69) is 15.4 Å². The van der Waals surface area contributed by atoms with E-state index in [0.717, 1.165) is 32.2 Å². The Kier molecular flexibility index (Phi) is 5.31. The van der Waals surface area contributed by atoms with Gasteiger partial charge >= 0.3 is 0 Å². The number of piperidine rings is 1. The van der Waals surface area contributed by atoms with Crippen LogP contribution in [0, 0.1) is 0 Å². The fourth-order valence-electron chi connectivity index (χ4n) is 3.00. The van der Waals surface area contributed by atoms with Gasteiger partial charge < -0.3 is 15.4 Å². The smallest absolute Gasteiger partial charge is 0.251 e. The highest BCUT2D eigenvalue weighted by molar-refractivity contribution is 7.89. The third kappa shape index (κ3) is 4.31. The van der Waals surface area contributed by atoms with Crippen LogP contribution in [0.3, 0.4) is 0 Å². The Labute approximate surface area is 148 Å². The molecule has 8 heteroatoms. The summed E-state index contributed by atoms with van der Waals surface area (Å²) in [5.74, 6) is -0.0384. The monoisotopic (exact) mass is 367 g/mol. The standard InChI is InChI=1S/C17H25N3O4S/c1-11-14(4-3-9-18-11)19-17(21)12-5-8-15(24-2)16(10-12)25(22,23)20-13-6-7-13/h5,8,10-11,13-14,18,20H,3-4,6-7,9H2,1-2H3,(H,19,21). The Bertz CT molecular complexity index is 746. The van der Waals surface area contributed by atoms with Gasteiger partial charge in [-0.2, -0.15) is 0 Å². The molecule has 1 saturated carbocycles. The van der Waals surface area contributed by atoms with Crippen LogP contribution in [0.5, 0.6) is 5.75 Å². The lowest BCUT2D eigenvalue weighted by Gasteiger charge is -2.30. The molecule has 0 aromatic heterocycles. The van der Waals surface area contributed by atoms with E-state index < -0.39 is 10.0 Å². The number of hydrogen-bond donors (Lipinski definition) is 3. The Morgan fingerprint density at radius 3 is 2.68 bits per heavy atom. The molecule has 25 heavy (non-hydrogen) atoms. The van der Waals surface area contributed by atoms with Crippen molar-refractivity contribution in [1.82, 2.24) is 15.4 Å². The number of carbonyl (C=O) groups is 1. The molecule has 0 bridgehead atoms. The molecule has 2 fully saturated rings. The van der Waals surface area contributed by atoms with Crippen LogP contribution >= 0.6 is 0 Å². The molecule has 1 aromatic rings. The lowest BCUT2D eigenvalue weighted by atomic mass is 9.99. The molecule has 2 aliphatic rings. The first-order valence-electron chi connectivity index (χ1n) is 8.65. The number of carbonyl (C=O) groups excluding carboxylic acids is 1. The molecule has 2 atom stereocenters. The molecule has 1 aromatic carbocycles. The fourth-order valence-corrected chi connectivity index (χ4v) is 4.50. The molecular weight excluding hydrogens is 342 g/mol. The van der Waals surface area contributed by atoms with E-state index in [9.17, 15) is 13.2 Å². The van der Waals surface area contributed by atoms with E-state index in [1.807, 2.05) is 6.92 Å². The van der Waals surface area contributed by atoms with Crippen molar-refractivity contribution >= 4 is 15.9 Å². The van der Waals surface area contributed by atoms with Crippen LogP contribution in [0.4, 0.5) is 0 Å². The summed E-state index contributed by atoms with van der Waals surface area (Å²) in [5.41, 5.74) is 0.315. The maximum Gasteiger partial charge on any atom is 0.251 e. The van der Waals surface area contributed by atoms with Crippen LogP contribution < -0.4 is 20.1 Å². The van der Waals surface area contributed by atoms with Gasteiger partial charge in [-0.15, -0.1) is 0 Å². The normalized spacial score (nSPS) is 23.9. The SMILES string of the molecule is COc1ccc(C(=O)NC2CCCNC2C)cc1S(=O)(=O)NC1CC1. The summed E-state index contributed by atoms with van der Waals surface area (Å²) in [5, 5.41) is 6.33. The third-order valence-electron chi connectivity index (χ3n) is 4.69. The van der Waals surface area contributed by atoms with Crippen molar-refractivity contribution in [2.24, 2.45) is 0 Å². The summed E-state index contributed by atoms with van der Waals surface area (Å²) in [6.07, 6.45) is 3.59. The zero-order chi connectivity index (χ0) is 18.0. The molecule has 7 nitrogen and oxygen atoms in total. The molecule has 0 spiro atoms. The van der Waals surface area contributed by atoms with Crippen molar-refractivity contribution in [3.63, 3.8) is 0 Å². The van der Waals surface area contributed by atoms with E-state index in [4.69, 9.17) is 4.74 Å². The summed E-state index contributed by atoms with van der Waals surface area (Å²) < 4.78 is 32.9. The number of methoxy groups -OCH3 is 1. The topological polar surface area (TPSA) is 96.5 Å². The summed E-state index contributed by atoms with van der Waals surface area (Å²) in [4.78, 5) is 12.6. The molecule has 1 saturated heterocycles. The van der Waals surface area contributed by atoms with Gasteiger partial charge in [-0.1, -0.05) is 0 Å². The number of hydrogen-bond acceptors (Lipinski definition) is 5. The van der Waals surface area contributed by atoms with Gasteiger partial charge in [0.1, 0.15) is 10.6 Å². The van der Waals surface area contributed by atoms with E-state index in [1.54, 1.807) is 6.07 Å². The molecule has 1 aliphatic carbocycles. The molecular formula is C17H25N3O4S. The van der Waals surface area contributed by atoms with Gasteiger partial charge in [0.05, 0.1) is 7.11 Å². The highest BCUT2D eigenvalue weighted by Crippen LogP contribution is 2.28. The van der Waals surface area contributed by atoms with E-state index in [0.29, 0.717) is 5.56 Å². The molecule has 2 unspecified atom stereocenters. The van der Waals surface area contributed by atoms with Gasteiger partial charge in [-0.25, -0.2) is 13.1 Å². The van der Waals surface area contributed by atoms with Crippen molar-refractivity contribution in [2.75, 3.05) is 13.7 Å². The van der Waals surface area contributed by atoms with Crippen molar-refractivity contribution in [3.8, 4) is 5.75 Å². The third-order valence-corrected chi connectivity index (χ3v) is 6.23. The summed E-state index contributed by atoms with van der Waals surface area (Å²) >= 11 is 0. The summed E-state index contributed by atoms with van der Waals surface area (Å²) in [7, 11) is -2.29. The van der Waals surface area contributed by atoms with Crippen molar-refractivity contribution < 1.29 is 17.9 Å². The summed E-state index contributed by atoms with van der Waals surface area (Å²) in [6.45, 7) is 2.98. The average Bonchev–Trinajstić information content (AvgIpc) is 3.39. The quantitative estimate of drug-likeness (QED) is 0.697. The van der Waals surface area contributed by atoms with Crippen molar-refractivity contribution in [3.05, 3.63) is 23.8 Å². The maximum atomic E-state index is 12.6. The van der Waals surface area contributed by atoms with Gasteiger partial charge in [-0.3, -0.25) is 4.79 Å². The Morgan fingerprint density at radius 1 is 1.28 bits per heavy atom. The predicted molar refractivity (Wildman–Crippen MR) is 94.3 cm³/mol. The molecule has 1 heterocycles. The number of amides is 1. The average molecular weight is 367 g/mol. The zero-order valence-corrected chi connectivity index (χ0v) is 15.4. The van der Waals surface area contributed by atoms with Gasteiger partial charge in [-0.05, 0) is 57.4 Å². The second kappa shape index (κ2) is 7.31. The van der Waals surface area contributed by atoms with E-state index in [1.165, 1.54) is 19.2 Å². The van der Waals surface area contributed by atoms with Crippen molar-refractivity contribution in [1.29, 1.82) is 0 Å². The van der Waals surface area contributed by atoms with Gasteiger partial charge in [0.2, 0.25) is 10.0 Å². The number of nitrogens with one attached hydrogen (secondary N) is 3. The minimum Gasteiger partial charge on any atom is -0.495 e. The molecule has 3 rings (SSSR count). The van der Waals surface area contributed by atoms with Crippen LogP contribution in [0.25, 0.3) is 0 Å². The first-order valence-corrected chi connectivity index (χ1v) is 10.1. The number of ether oxygens (including phenoxy) is 1. The van der Waals surface area contributed by atoms with Gasteiger partial charge in [0.25, 0.3) is 5.91 Å². The molecule has 1 aliphatic heterocycles. The lowest BCUT2D eigenvalue weighted by Crippen LogP contribution is -2.51. The first-order chi connectivity index (χ1) is 11.9. The lowest BCUT2D eigenvalue weighted by molar-refractivity contribution is 0.0919.